The zero-order valence-corrected chi connectivity index (χ0v) is 24.5. The Balaban J connectivity index is 1.14. The summed E-state index contributed by atoms with van der Waals surface area (Å²) in [6.07, 6.45) is 0. The molecule has 1 aromatic heterocycles. The summed E-state index contributed by atoms with van der Waals surface area (Å²) in [4.78, 5) is 39.8. The fraction of sp³-hybridized carbons (Fsp3) is 0.200. The number of para-hydroxylation sites is 1. The lowest BCUT2D eigenvalue weighted by atomic mass is 10.1. The van der Waals surface area contributed by atoms with Crippen LogP contribution in [0.4, 0.5) is 17.3 Å². The third-order valence-corrected chi connectivity index (χ3v) is 7.86. The van der Waals surface area contributed by atoms with Gasteiger partial charge in [-0.3, -0.25) is 14.5 Å². The molecular weight excluding hydrogens is 552 g/mol. The van der Waals surface area contributed by atoms with Gasteiger partial charge < -0.3 is 20.6 Å². The second-order valence-electron chi connectivity index (χ2n) is 10.8. The van der Waals surface area contributed by atoms with Gasteiger partial charge >= 0.3 is 0 Å². The number of aliphatic hydroxyl groups excluding tert-OH is 1. The van der Waals surface area contributed by atoms with E-state index in [9.17, 15) is 9.59 Å². The number of amides is 2. The van der Waals surface area contributed by atoms with Crippen molar-refractivity contribution in [1.29, 1.82) is 0 Å². The smallest absolute Gasteiger partial charge is 0.255 e. The summed E-state index contributed by atoms with van der Waals surface area (Å²) in [5.41, 5.74) is 5.90. The molecule has 1 saturated heterocycles. The van der Waals surface area contributed by atoms with E-state index >= 15 is 0 Å². The molecular formula is C35H34N6O3. The molecule has 1 aliphatic heterocycles. The molecule has 0 bridgehead atoms. The molecule has 0 radical (unpaired) electrons. The van der Waals surface area contributed by atoms with E-state index in [4.69, 9.17) is 15.1 Å². The van der Waals surface area contributed by atoms with Crippen LogP contribution in [0.5, 0.6) is 0 Å². The molecule has 6 rings (SSSR count). The largest absolute Gasteiger partial charge is 0.395 e. The Hall–Kier alpha value is -5.12. The number of carbonyl (C=O) groups is 2. The monoisotopic (exact) mass is 586 g/mol. The number of piperazine rings is 1. The van der Waals surface area contributed by atoms with E-state index in [-0.39, 0.29) is 18.4 Å². The molecule has 1 fully saturated rings. The minimum absolute atomic E-state index is 0.0640. The van der Waals surface area contributed by atoms with Crippen LogP contribution in [0.1, 0.15) is 26.3 Å². The topological polar surface area (TPSA) is 111 Å². The minimum atomic E-state index is -0.268. The predicted molar refractivity (Wildman–Crippen MR) is 173 cm³/mol. The first-order valence-electron chi connectivity index (χ1n) is 14.7. The number of aromatic nitrogens is 2. The van der Waals surface area contributed by atoms with Crippen molar-refractivity contribution in [3.63, 3.8) is 0 Å². The fourth-order valence-electron chi connectivity index (χ4n) is 5.37. The summed E-state index contributed by atoms with van der Waals surface area (Å²) in [5, 5.41) is 16.4. The predicted octanol–water partition coefficient (Wildman–Crippen LogP) is 5.35. The molecule has 44 heavy (non-hydrogen) atoms. The van der Waals surface area contributed by atoms with Crippen LogP contribution in [-0.2, 0) is 0 Å². The summed E-state index contributed by atoms with van der Waals surface area (Å²) < 4.78 is 0. The van der Waals surface area contributed by atoms with Crippen LogP contribution in [0, 0.1) is 6.92 Å². The number of β-amino-alcohol motifs (C(OH)–C–C–N with tert-alkyl or cyclic N) is 1. The van der Waals surface area contributed by atoms with Gasteiger partial charge in [-0.15, -0.1) is 0 Å². The normalized spacial score (nSPS) is 13.5. The lowest BCUT2D eigenvalue weighted by Gasteiger charge is -2.34. The van der Waals surface area contributed by atoms with Crippen LogP contribution < -0.4 is 10.6 Å². The highest BCUT2D eigenvalue weighted by Crippen LogP contribution is 2.28. The highest BCUT2D eigenvalue weighted by molar-refractivity contribution is 6.06. The maximum absolute atomic E-state index is 13.2. The summed E-state index contributed by atoms with van der Waals surface area (Å²) in [7, 11) is 0. The number of nitrogens with one attached hydrogen (secondary N) is 2. The number of benzene rings is 4. The number of hydrogen-bond donors (Lipinski definition) is 3. The zero-order valence-electron chi connectivity index (χ0n) is 24.5. The van der Waals surface area contributed by atoms with E-state index in [1.54, 1.807) is 24.3 Å². The summed E-state index contributed by atoms with van der Waals surface area (Å²) >= 11 is 0. The van der Waals surface area contributed by atoms with E-state index in [1.165, 1.54) is 0 Å². The van der Waals surface area contributed by atoms with E-state index in [0.717, 1.165) is 46.5 Å². The number of nitrogens with zero attached hydrogens (tertiary/aromatic N) is 4. The Morgan fingerprint density at radius 1 is 0.818 bits per heavy atom. The van der Waals surface area contributed by atoms with Gasteiger partial charge in [-0.05, 0) is 55.0 Å². The molecule has 0 saturated carbocycles. The van der Waals surface area contributed by atoms with E-state index in [0.29, 0.717) is 42.4 Å². The fourth-order valence-corrected chi connectivity index (χ4v) is 5.37. The Morgan fingerprint density at radius 2 is 1.52 bits per heavy atom. The second-order valence-corrected chi connectivity index (χ2v) is 10.8. The quantitative estimate of drug-likeness (QED) is 0.225. The Labute approximate surface area is 256 Å². The molecule has 0 atom stereocenters. The number of aryl methyl sites for hydroxylation is 1. The lowest BCUT2D eigenvalue weighted by Crippen LogP contribution is -2.49. The van der Waals surface area contributed by atoms with Crippen molar-refractivity contribution in [3.05, 3.63) is 114 Å². The van der Waals surface area contributed by atoms with Gasteiger partial charge in [-0.2, -0.15) is 0 Å². The number of rotatable bonds is 8. The van der Waals surface area contributed by atoms with Crippen LogP contribution >= 0.6 is 0 Å². The molecule has 0 aliphatic carbocycles. The molecule has 3 N–H and O–H groups in total. The van der Waals surface area contributed by atoms with Gasteiger partial charge in [-0.1, -0.05) is 54.6 Å². The van der Waals surface area contributed by atoms with E-state index in [1.807, 2.05) is 84.6 Å². The molecule has 222 valence electrons. The highest BCUT2D eigenvalue weighted by Gasteiger charge is 2.22. The molecule has 0 unspecified atom stereocenters. The first-order chi connectivity index (χ1) is 21.5. The average molecular weight is 587 g/mol. The van der Waals surface area contributed by atoms with Crippen LogP contribution in [-0.4, -0.2) is 76.0 Å². The summed E-state index contributed by atoms with van der Waals surface area (Å²) in [6.45, 7) is 5.30. The van der Waals surface area contributed by atoms with Crippen LogP contribution in [0.25, 0.3) is 22.2 Å². The molecule has 9 heteroatoms. The van der Waals surface area contributed by atoms with Gasteiger partial charge in [0.1, 0.15) is 0 Å². The number of carbonyl (C=O) groups excluding carboxylic acids is 2. The number of fused-ring (bicyclic) bond motifs is 1. The van der Waals surface area contributed by atoms with Gasteiger partial charge in [-0.25, -0.2) is 9.97 Å². The average Bonchev–Trinajstić information content (AvgIpc) is 3.06. The van der Waals surface area contributed by atoms with Crippen molar-refractivity contribution in [2.24, 2.45) is 0 Å². The van der Waals surface area contributed by atoms with E-state index < -0.39 is 0 Å². The minimum Gasteiger partial charge on any atom is -0.395 e. The SMILES string of the molecule is Cc1ccc(C(=O)N2CCN(CCO)CC2)cc1NC(=O)c1ccc(Nc2nc(-c3ccccc3)c3ccccc3n2)cc1. The van der Waals surface area contributed by atoms with Gasteiger partial charge in [0.05, 0.1) is 17.8 Å². The highest BCUT2D eigenvalue weighted by atomic mass is 16.3. The van der Waals surface area contributed by atoms with Crippen LogP contribution in [0.3, 0.4) is 0 Å². The van der Waals surface area contributed by atoms with E-state index in [2.05, 4.69) is 15.5 Å². The number of aliphatic hydroxyl groups is 1. The molecule has 1 aliphatic rings. The Bertz CT molecular complexity index is 1780. The number of hydrogen-bond acceptors (Lipinski definition) is 7. The maximum atomic E-state index is 13.2. The standard InChI is InChI=1S/C35H34N6O3/c1-24-11-12-27(34(44)41-19-17-40(18-20-41)21-22-42)23-31(24)37-33(43)26-13-15-28(16-14-26)36-35-38-30-10-6-5-9-29(30)32(39-35)25-7-3-2-4-8-25/h2-16,23,42H,17-22H2,1H3,(H,37,43)(H,36,38,39). The Morgan fingerprint density at radius 3 is 2.27 bits per heavy atom. The number of anilines is 3. The second kappa shape index (κ2) is 13.0. The van der Waals surface area contributed by atoms with Crippen molar-refractivity contribution in [1.82, 2.24) is 19.8 Å². The van der Waals surface area contributed by atoms with Crippen molar-refractivity contribution in [3.8, 4) is 11.3 Å². The maximum Gasteiger partial charge on any atom is 0.255 e. The molecule has 2 heterocycles. The Kier molecular flexibility index (Phi) is 8.58. The van der Waals surface area contributed by atoms with Crippen molar-refractivity contribution in [2.45, 2.75) is 6.92 Å². The van der Waals surface area contributed by atoms with Gasteiger partial charge in [0, 0.05) is 66.2 Å². The van der Waals surface area contributed by atoms with Crippen molar-refractivity contribution < 1.29 is 14.7 Å². The molecule has 9 nitrogen and oxygen atoms in total. The van der Waals surface area contributed by atoms with Crippen LogP contribution in [0.2, 0.25) is 0 Å². The third-order valence-electron chi connectivity index (χ3n) is 7.86. The van der Waals surface area contributed by atoms with Gasteiger partial charge in [0.2, 0.25) is 5.95 Å². The first kappa shape index (κ1) is 29.0. The lowest BCUT2D eigenvalue weighted by molar-refractivity contribution is 0.0615. The van der Waals surface area contributed by atoms with Crippen LogP contribution in [0.15, 0.2) is 97.1 Å². The van der Waals surface area contributed by atoms with Crippen molar-refractivity contribution >= 4 is 40.0 Å². The third kappa shape index (κ3) is 6.44. The molecule has 5 aromatic rings. The molecule has 0 spiro atoms. The summed E-state index contributed by atoms with van der Waals surface area (Å²) in [6, 6.07) is 30.4. The van der Waals surface area contributed by atoms with Gasteiger partial charge in [0.15, 0.2) is 0 Å². The zero-order chi connectivity index (χ0) is 30.5. The van der Waals surface area contributed by atoms with Crippen molar-refractivity contribution in [2.75, 3.05) is 50.0 Å². The van der Waals surface area contributed by atoms with Gasteiger partial charge in [0.25, 0.3) is 11.8 Å². The summed E-state index contributed by atoms with van der Waals surface area (Å²) in [5.74, 6) is 0.132. The molecule has 2 amide bonds. The first-order valence-corrected chi connectivity index (χ1v) is 14.7. The molecule has 4 aromatic carbocycles.